The van der Waals surface area contributed by atoms with Crippen molar-refractivity contribution < 1.29 is 4.42 Å². The molecule has 2 aromatic rings. The number of hydrogen-bond donors (Lipinski definition) is 2. The summed E-state index contributed by atoms with van der Waals surface area (Å²) in [4.78, 5) is 0. The van der Waals surface area contributed by atoms with Crippen molar-refractivity contribution in [2.24, 2.45) is 0 Å². The van der Waals surface area contributed by atoms with E-state index in [1.54, 1.807) is 6.26 Å². The lowest BCUT2D eigenvalue weighted by Crippen LogP contribution is -2.35. The topological polar surface area (TPSA) is 51.2 Å². The van der Waals surface area contributed by atoms with E-state index in [0.717, 1.165) is 24.4 Å². The molecule has 0 amide bonds. The minimum Gasteiger partial charge on any atom is -0.469 e. The average molecular weight is 270 g/mol. The second-order valence-electron chi connectivity index (χ2n) is 5.97. The summed E-state index contributed by atoms with van der Waals surface area (Å²) < 4.78 is 5.40. The first kappa shape index (κ1) is 13.3. The van der Waals surface area contributed by atoms with Crippen molar-refractivity contribution in [3.63, 3.8) is 0 Å². The van der Waals surface area contributed by atoms with Crippen LogP contribution < -0.4 is 11.1 Å². The van der Waals surface area contributed by atoms with Crippen LogP contribution in [0.15, 0.2) is 47.1 Å². The van der Waals surface area contributed by atoms with Crippen LogP contribution in [0.1, 0.15) is 31.1 Å². The first-order valence-electron chi connectivity index (χ1n) is 7.30. The zero-order chi connectivity index (χ0) is 14.0. The zero-order valence-corrected chi connectivity index (χ0v) is 11.9. The van der Waals surface area contributed by atoms with Gasteiger partial charge in [0.1, 0.15) is 5.76 Å². The summed E-state index contributed by atoms with van der Waals surface area (Å²) in [7, 11) is 0. The molecule has 1 aliphatic carbocycles. The Balaban J connectivity index is 1.56. The summed E-state index contributed by atoms with van der Waals surface area (Å²) in [5, 5.41) is 3.65. The fourth-order valence-corrected chi connectivity index (χ4v) is 2.73. The zero-order valence-electron chi connectivity index (χ0n) is 11.9. The Kier molecular flexibility index (Phi) is 3.53. The van der Waals surface area contributed by atoms with E-state index >= 15 is 0 Å². The van der Waals surface area contributed by atoms with Crippen LogP contribution in [0.5, 0.6) is 0 Å². The van der Waals surface area contributed by atoms with E-state index in [-0.39, 0.29) is 0 Å². The molecular weight excluding hydrogens is 248 g/mol. The van der Waals surface area contributed by atoms with Crippen LogP contribution in [0.3, 0.4) is 0 Å². The van der Waals surface area contributed by atoms with Gasteiger partial charge < -0.3 is 15.5 Å². The number of hydrogen-bond acceptors (Lipinski definition) is 3. The number of nitrogens with one attached hydrogen (secondary N) is 1. The van der Waals surface area contributed by atoms with E-state index in [9.17, 15) is 0 Å². The first-order valence-corrected chi connectivity index (χ1v) is 7.30. The van der Waals surface area contributed by atoms with Crippen molar-refractivity contribution in [3.05, 3.63) is 54.0 Å². The molecular formula is C17H22N2O. The van der Waals surface area contributed by atoms with Gasteiger partial charge in [0, 0.05) is 30.1 Å². The molecule has 1 fully saturated rings. The summed E-state index contributed by atoms with van der Waals surface area (Å²) in [6, 6.07) is 12.7. The summed E-state index contributed by atoms with van der Waals surface area (Å²) >= 11 is 0. The SMILES string of the molecule is CC(Cc1ccco1)NCC1(c2ccc(N)cc2)CC1. The third kappa shape index (κ3) is 2.88. The molecule has 1 aromatic carbocycles. The monoisotopic (exact) mass is 270 g/mol. The van der Waals surface area contributed by atoms with Crippen molar-refractivity contribution in [2.45, 2.75) is 37.6 Å². The van der Waals surface area contributed by atoms with Crippen molar-refractivity contribution in [2.75, 3.05) is 12.3 Å². The highest BCUT2D eigenvalue weighted by molar-refractivity contribution is 5.43. The second-order valence-corrected chi connectivity index (χ2v) is 5.97. The van der Waals surface area contributed by atoms with E-state index in [1.807, 2.05) is 24.3 Å². The Morgan fingerprint density at radius 2 is 2.00 bits per heavy atom. The molecule has 0 aliphatic heterocycles. The van der Waals surface area contributed by atoms with Gasteiger partial charge in [-0.25, -0.2) is 0 Å². The fourth-order valence-electron chi connectivity index (χ4n) is 2.73. The number of rotatable bonds is 6. The molecule has 3 heteroatoms. The van der Waals surface area contributed by atoms with Gasteiger partial charge in [-0.05, 0) is 49.6 Å². The van der Waals surface area contributed by atoms with Gasteiger partial charge in [-0.2, -0.15) is 0 Å². The van der Waals surface area contributed by atoms with E-state index in [1.165, 1.54) is 18.4 Å². The Morgan fingerprint density at radius 1 is 1.25 bits per heavy atom. The van der Waals surface area contributed by atoms with Crippen LogP contribution in [0.4, 0.5) is 5.69 Å². The molecule has 0 radical (unpaired) electrons. The second kappa shape index (κ2) is 5.33. The molecule has 3 N–H and O–H groups in total. The van der Waals surface area contributed by atoms with Crippen LogP contribution in [0.2, 0.25) is 0 Å². The molecule has 1 aliphatic rings. The van der Waals surface area contributed by atoms with E-state index < -0.39 is 0 Å². The molecule has 0 bridgehead atoms. The lowest BCUT2D eigenvalue weighted by Gasteiger charge is -2.20. The van der Waals surface area contributed by atoms with Gasteiger partial charge in [-0.1, -0.05) is 12.1 Å². The van der Waals surface area contributed by atoms with Crippen molar-refractivity contribution in [1.29, 1.82) is 0 Å². The van der Waals surface area contributed by atoms with Gasteiger partial charge in [0.2, 0.25) is 0 Å². The number of benzene rings is 1. The van der Waals surface area contributed by atoms with Gasteiger partial charge in [0.25, 0.3) is 0 Å². The van der Waals surface area contributed by atoms with Crippen LogP contribution in [-0.2, 0) is 11.8 Å². The van der Waals surface area contributed by atoms with Crippen LogP contribution in [0, 0.1) is 0 Å². The summed E-state index contributed by atoms with van der Waals surface area (Å²) in [6.07, 6.45) is 5.19. The normalized spacial score (nSPS) is 17.9. The molecule has 0 spiro atoms. The third-order valence-electron chi connectivity index (χ3n) is 4.25. The number of nitrogen functional groups attached to an aromatic ring is 1. The molecule has 1 atom stereocenters. The molecule has 20 heavy (non-hydrogen) atoms. The molecule has 1 saturated carbocycles. The third-order valence-corrected chi connectivity index (χ3v) is 4.25. The molecule has 106 valence electrons. The fraction of sp³-hybridized carbons (Fsp3) is 0.412. The average Bonchev–Trinajstić information content (AvgIpc) is 3.07. The highest BCUT2D eigenvalue weighted by atomic mass is 16.3. The maximum atomic E-state index is 5.76. The maximum absolute atomic E-state index is 5.76. The predicted molar refractivity (Wildman–Crippen MR) is 81.6 cm³/mol. The maximum Gasteiger partial charge on any atom is 0.105 e. The quantitative estimate of drug-likeness (QED) is 0.793. The molecule has 1 unspecified atom stereocenters. The van der Waals surface area contributed by atoms with E-state index in [2.05, 4.69) is 24.4 Å². The van der Waals surface area contributed by atoms with Gasteiger partial charge >= 0.3 is 0 Å². The Hall–Kier alpha value is -1.74. The minimum atomic E-state index is 0.325. The summed E-state index contributed by atoms with van der Waals surface area (Å²) in [6.45, 7) is 3.24. The van der Waals surface area contributed by atoms with Crippen molar-refractivity contribution >= 4 is 5.69 Å². The summed E-state index contributed by atoms with van der Waals surface area (Å²) in [5.74, 6) is 1.04. The van der Waals surface area contributed by atoms with Crippen molar-refractivity contribution in [1.82, 2.24) is 5.32 Å². The Labute approximate surface area is 120 Å². The first-order chi connectivity index (χ1) is 9.68. The van der Waals surface area contributed by atoms with E-state index in [0.29, 0.717) is 11.5 Å². The smallest absolute Gasteiger partial charge is 0.105 e. The van der Waals surface area contributed by atoms with Crippen molar-refractivity contribution in [3.8, 4) is 0 Å². The Morgan fingerprint density at radius 3 is 2.60 bits per heavy atom. The van der Waals surface area contributed by atoms with Crippen LogP contribution >= 0.6 is 0 Å². The number of furan rings is 1. The molecule has 1 aromatic heterocycles. The lowest BCUT2D eigenvalue weighted by atomic mass is 9.95. The van der Waals surface area contributed by atoms with Gasteiger partial charge in [0.05, 0.1) is 6.26 Å². The van der Waals surface area contributed by atoms with Gasteiger partial charge in [0.15, 0.2) is 0 Å². The summed E-state index contributed by atoms with van der Waals surface area (Å²) in [5.41, 5.74) is 8.33. The van der Waals surface area contributed by atoms with Crippen LogP contribution in [0.25, 0.3) is 0 Å². The highest BCUT2D eigenvalue weighted by Crippen LogP contribution is 2.47. The van der Waals surface area contributed by atoms with Gasteiger partial charge in [-0.3, -0.25) is 0 Å². The van der Waals surface area contributed by atoms with Gasteiger partial charge in [-0.15, -0.1) is 0 Å². The molecule has 3 nitrogen and oxygen atoms in total. The predicted octanol–water partition coefficient (Wildman–Crippen LogP) is 3.11. The number of anilines is 1. The Bertz CT molecular complexity index is 541. The van der Waals surface area contributed by atoms with E-state index in [4.69, 9.17) is 10.2 Å². The molecule has 1 heterocycles. The standard InChI is InChI=1S/C17H22N2O/c1-13(11-16-3-2-10-20-16)19-12-17(8-9-17)14-4-6-15(18)7-5-14/h2-7,10,13,19H,8-9,11-12,18H2,1H3. The molecule has 3 rings (SSSR count). The minimum absolute atomic E-state index is 0.325. The highest BCUT2D eigenvalue weighted by Gasteiger charge is 2.43. The largest absolute Gasteiger partial charge is 0.469 e. The number of nitrogens with two attached hydrogens (primary N) is 1. The van der Waals surface area contributed by atoms with Crippen LogP contribution in [-0.4, -0.2) is 12.6 Å². The molecule has 0 saturated heterocycles. The lowest BCUT2D eigenvalue weighted by molar-refractivity contribution is 0.441.